The van der Waals surface area contributed by atoms with Crippen molar-refractivity contribution in [3.63, 3.8) is 0 Å². The standard InChI is InChI=1S/C17H22N2O/c1-2-19(13-15-5-3-6-15)17(20)16-10-8-14(9-11-16)7-4-12-18/h8-11,15H,2-3,5-6,12-13,18H2,1H3. The Bertz CT molecular complexity index is 506. The topological polar surface area (TPSA) is 46.3 Å². The van der Waals surface area contributed by atoms with E-state index in [-0.39, 0.29) is 5.91 Å². The maximum absolute atomic E-state index is 12.4. The first-order valence-electron chi connectivity index (χ1n) is 7.33. The minimum atomic E-state index is 0.123. The number of benzene rings is 1. The van der Waals surface area contributed by atoms with Crippen LogP contribution in [0.4, 0.5) is 0 Å². The number of rotatable bonds is 4. The fourth-order valence-corrected chi connectivity index (χ4v) is 2.37. The molecular weight excluding hydrogens is 248 g/mol. The second kappa shape index (κ2) is 7.12. The highest BCUT2D eigenvalue weighted by Gasteiger charge is 2.23. The zero-order valence-corrected chi connectivity index (χ0v) is 12.1. The summed E-state index contributed by atoms with van der Waals surface area (Å²) in [6, 6.07) is 7.47. The molecule has 0 unspecified atom stereocenters. The molecular formula is C17H22N2O. The maximum Gasteiger partial charge on any atom is 0.253 e. The summed E-state index contributed by atoms with van der Waals surface area (Å²) in [7, 11) is 0. The van der Waals surface area contributed by atoms with Crippen molar-refractivity contribution in [2.24, 2.45) is 11.7 Å². The second-order valence-corrected chi connectivity index (χ2v) is 5.22. The Hall–Kier alpha value is -1.79. The van der Waals surface area contributed by atoms with Crippen molar-refractivity contribution in [1.82, 2.24) is 4.90 Å². The van der Waals surface area contributed by atoms with Gasteiger partial charge in [0, 0.05) is 24.2 Å². The molecule has 1 aliphatic carbocycles. The molecule has 3 heteroatoms. The Balaban J connectivity index is 2.02. The highest BCUT2D eigenvalue weighted by Crippen LogP contribution is 2.27. The molecule has 0 bridgehead atoms. The molecule has 2 N–H and O–H groups in total. The lowest BCUT2D eigenvalue weighted by atomic mass is 9.85. The van der Waals surface area contributed by atoms with E-state index < -0.39 is 0 Å². The molecule has 0 aliphatic heterocycles. The van der Waals surface area contributed by atoms with Gasteiger partial charge in [0.2, 0.25) is 0 Å². The van der Waals surface area contributed by atoms with E-state index in [1.54, 1.807) is 0 Å². The van der Waals surface area contributed by atoms with E-state index in [0.29, 0.717) is 12.5 Å². The minimum Gasteiger partial charge on any atom is -0.339 e. The van der Waals surface area contributed by atoms with E-state index in [9.17, 15) is 4.79 Å². The van der Waals surface area contributed by atoms with Crippen LogP contribution in [0, 0.1) is 17.8 Å². The lowest BCUT2D eigenvalue weighted by Crippen LogP contribution is -2.37. The molecule has 0 aromatic heterocycles. The number of hydrogen-bond donors (Lipinski definition) is 1. The number of nitrogens with zero attached hydrogens (tertiary/aromatic N) is 1. The van der Waals surface area contributed by atoms with Crippen molar-refractivity contribution in [2.45, 2.75) is 26.2 Å². The average molecular weight is 270 g/mol. The van der Waals surface area contributed by atoms with Gasteiger partial charge in [-0.1, -0.05) is 18.3 Å². The molecule has 1 aromatic rings. The molecule has 3 nitrogen and oxygen atoms in total. The van der Waals surface area contributed by atoms with Crippen LogP contribution in [-0.2, 0) is 0 Å². The first kappa shape index (κ1) is 14.6. The van der Waals surface area contributed by atoms with Crippen molar-refractivity contribution in [3.8, 4) is 11.8 Å². The number of amides is 1. The summed E-state index contributed by atoms with van der Waals surface area (Å²) in [5.41, 5.74) is 6.98. The molecule has 2 rings (SSSR count). The molecule has 1 amide bonds. The predicted molar refractivity (Wildman–Crippen MR) is 81.3 cm³/mol. The zero-order valence-electron chi connectivity index (χ0n) is 12.1. The third-order valence-electron chi connectivity index (χ3n) is 3.84. The van der Waals surface area contributed by atoms with Gasteiger partial charge in [-0.15, -0.1) is 0 Å². The molecule has 106 valence electrons. The van der Waals surface area contributed by atoms with Gasteiger partial charge in [0.15, 0.2) is 0 Å². The molecule has 0 saturated heterocycles. The summed E-state index contributed by atoms with van der Waals surface area (Å²) in [5.74, 6) is 6.60. The number of carbonyl (C=O) groups excluding carboxylic acids is 1. The van der Waals surface area contributed by atoms with Gasteiger partial charge < -0.3 is 10.6 Å². The molecule has 20 heavy (non-hydrogen) atoms. The number of hydrogen-bond acceptors (Lipinski definition) is 2. The Morgan fingerprint density at radius 3 is 2.55 bits per heavy atom. The van der Waals surface area contributed by atoms with Gasteiger partial charge in [-0.3, -0.25) is 4.79 Å². The Labute approximate surface area is 121 Å². The van der Waals surface area contributed by atoms with E-state index in [2.05, 4.69) is 11.8 Å². The van der Waals surface area contributed by atoms with Crippen LogP contribution in [0.25, 0.3) is 0 Å². The van der Waals surface area contributed by atoms with Gasteiger partial charge in [-0.05, 0) is 49.9 Å². The lowest BCUT2D eigenvalue weighted by Gasteiger charge is -2.31. The Morgan fingerprint density at radius 1 is 1.35 bits per heavy atom. The van der Waals surface area contributed by atoms with Crippen LogP contribution in [-0.4, -0.2) is 30.4 Å². The van der Waals surface area contributed by atoms with Crippen molar-refractivity contribution in [3.05, 3.63) is 35.4 Å². The van der Waals surface area contributed by atoms with Crippen molar-refractivity contribution >= 4 is 5.91 Å². The largest absolute Gasteiger partial charge is 0.339 e. The minimum absolute atomic E-state index is 0.123. The number of nitrogens with two attached hydrogens (primary N) is 1. The summed E-state index contributed by atoms with van der Waals surface area (Å²) in [6.07, 6.45) is 3.83. The van der Waals surface area contributed by atoms with Crippen LogP contribution in [0.2, 0.25) is 0 Å². The first-order chi connectivity index (χ1) is 9.74. The fraction of sp³-hybridized carbons (Fsp3) is 0.471. The lowest BCUT2D eigenvalue weighted by molar-refractivity contribution is 0.0706. The van der Waals surface area contributed by atoms with Crippen LogP contribution >= 0.6 is 0 Å². The Kier molecular flexibility index (Phi) is 5.20. The quantitative estimate of drug-likeness (QED) is 0.853. The van der Waals surface area contributed by atoms with Crippen molar-refractivity contribution in [2.75, 3.05) is 19.6 Å². The summed E-state index contributed by atoms with van der Waals surface area (Å²) >= 11 is 0. The highest BCUT2D eigenvalue weighted by atomic mass is 16.2. The summed E-state index contributed by atoms with van der Waals surface area (Å²) in [4.78, 5) is 14.4. The van der Waals surface area contributed by atoms with Gasteiger partial charge in [0.1, 0.15) is 0 Å². The monoisotopic (exact) mass is 270 g/mol. The average Bonchev–Trinajstić information content (AvgIpc) is 2.44. The first-order valence-corrected chi connectivity index (χ1v) is 7.33. The fourth-order valence-electron chi connectivity index (χ4n) is 2.37. The third kappa shape index (κ3) is 3.61. The normalized spacial score (nSPS) is 14.1. The van der Waals surface area contributed by atoms with Crippen molar-refractivity contribution in [1.29, 1.82) is 0 Å². The van der Waals surface area contributed by atoms with Gasteiger partial charge in [0.05, 0.1) is 6.54 Å². The molecule has 1 saturated carbocycles. The highest BCUT2D eigenvalue weighted by molar-refractivity contribution is 5.94. The molecule has 1 fully saturated rings. The third-order valence-corrected chi connectivity index (χ3v) is 3.84. The van der Waals surface area contributed by atoms with Crippen LogP contribution in [0.1, 0.15) is 42.1 Å². The molecule has 0 radical (unpaired) electrons. The molecule has 1 aliphatic rings. The number of carbonyl (C=O) groups is 1. The summed E-state index contributed by atoms with van der Waals surface area (Å²) in [6.45, 7) is 4.05. The zero-order chi connectivity index (χ0) is 14.4. The van der Waals surface area contributed by atoms with Crippen LogP contribution in [0.5, 0.6) is 0 Å². The smallest absolute Gasteiger partial charge is 0.253 e. The van der Waals surface area contributed by atoms with Crippen molar-refractivity contribution < 1.29 is 4.79 Å². The Morgan fingerprint density at radius 2 is 2.05 bits per heavy atom. The van der Waals surface area contributed by atoms with Gasteiger partial charge in [-0.2, -0.15) is 0 Å². The summed E-state index contributed by atoms with van der Waals surface area (Å²) in [5, 5.41) is 0. The van der Waals surface area contributed by atoms with E-state index >= 15 is 0 Å². The second-order valence-electron chi connectivity index (χ2n) is 5.22. The van der Waals surface area contributed by atoms with Gasteiger partial charge in [0.25, 0.3) is 5.91 Å². The summed E-state index contributed by atoms with van der Waals surface area (Å²) < 4.78 is 0. The SMILES string of the molecule is CCN(CC1CCC1)C(=O)c1ccc(C#CCN)cc1. The molecule has 0 spiro atoms. The predicted octanol–water partition coefficient (Wildman–Crippen LogP) is 2.26. The van der Waals surface area contributed by atoms with Gasteiger partial charge in [-0.25, -0.2) is 0 Å². The maximum atomic E-state index is 12.4. The van der Waals surface area contributed by atoms with Crippen LogP contribution in [0.15, 0.2) is 24.3 Å². The van der Waals surface area contributed by atoms with Crippen LogP contribution < -0.4 is 5.73 Å². The molecule has 1 aromatic carbocycles. The van der Waals surface area contributed by atoms with E-state index in [1.807, 2.05) is 36.1 Å². The molecule has 0 atom stereocenters. The molecule has 0 heterocycles. The van der Waals surface area contributed by atoms with E-state index in [4.69, 9.17) is 5.73 Å². The van der Waals surface area contributed by atoms with Gasteiger partial charge >= 0.3 is 0 Å². The van der Waals surface area contributed by atoms with Crippen LogP contribution in [0.3, 0.4) is 0 Å². The van der Waals surface area contributed by atoms with E-state index in [1.165, 1.54) is 19.3 Å². The van der Waals surface area contributed by atoms with E-state index in [0.717, 1.165) is 24.2 Å².